The van der Waals surface area contributed by atoms with Crippen LogP contribution in [0.25, 0.3) is 0 Å². The van der Waals surface area contributed by atoms with Crippen molar-refractivity contribution >= 4 is 5.69 Å². The minimum Gasteiger partial charge on any atom is -0.491 e. The predicted octanol–water partition coefficient (Wildman–Crippen LogP) is 4.32. The largest absolute Gasteiger partial charge is 0.491 e. The maximum atomic E-state index is 5.62. The highest BCUT2D eigenvalue weighted by Gasteiger charge is 2.10. The Morgan fingerprint density at radius 3 is 2.06 bits per heavy atom. The minimum atomic E-state index is 0.230. The molecule has 1 atom stereocenters. The van der Waals surface area contributed by atoms with Crippen molar-refractivity contribution in [2.24, 2.45) is 5.92 Å². The number of anilines is 1. The van der Waals surface area contributed by atoms with Gasteiger partial charge in [-0.25, -0.2) is 0 Å². The Bertz CT molecular complexity index is 316. The summed E-state index contributed by atoms with van der Waals surface area (Å²) < 4.78 is 5.62. The van der Waals surface area contributed by atoms with Gasteiger partial charge in [-0.1, -0.05) is 20.8 Å². The first kappa shape index (κ1) is 13.9. The normalized spacial score (nSPS) is 12.9. The third kappa shape index (κ3) is 4.68. The van der Waals surface area contributed by atoms with E-state index < -0.39 is 0 Å². The monoisotopic (exact) mass is 235 g/mol. The molecule has 1 aromatic rings. The molecular weight excluding hydrogens is 210 g/mol. The minimum absolute atomic E-state index is 0.230. The highest BCUT2D eigenvalue weighted by atomic mass is 16.5. The summed E-state index contributed by atoms with van der Waals surface area (Å²) in [7, 11) is 0. The molecule has 0 aliphatic heterocycles. The average molecular weight is 235 g/mol. The SMILES string of the molecule is CCC(Nc1ccc(OC(C)C)cc1)C(C)C. The van der Waals surface area contributed by atoms with Crippen molar-refractivity contribution in [1.82, 2.24) is 0 Å². The van der Waals surface area contributed by atoms with Crippen LogP contribution >= 0.6 is 0 Å². The van der Waals surface area contributed by atoms with Crippen LogP contribution in [0.2, 0.25) is 0 Å². The standard InChI is InChI=1S/C15H25NO/c1-6-15(11(2)3)16-13-7-9-14(10-8-13)17-12(4)5/h7-12,15-16H,6H2,1-5H3. The van der Waals surface area contributed by atoms with Gasteiger partial charge in [0.1, 0.15) is 5.75 Å². The van der Waals surface area contributed by atoms with Crippen molar-refractivity contribution in [2.75, 3.05) is 5.32 Å². The van der Waals surface area contributed by atoms with Crippen LogP contribution in [-0.4, -0.2) is 12.1 Å². The van der Waals surface area contributed by atoms with Gasteiger partial charge in [-0.3, -0.25) is 0 Å². The quantitative estimate of drug-likeness (QED) is 0.793. The summed E-state index contributed by atoms with van der Waals surface area (Å²) in [5.41, 5.74) is 1.17. The van der Waals surface area contributed by atoms with Crippen LogP contribution in [0.4, 0.5) is 5.69 Å². The van der Waals surface area contributed by atoms with Gasteiger partial charge in [-0.05, 0) is 50.5 Å². The Kier molecular flexibility index (Phi) is 5.33. The lowest BCUT2D eigenvalue weighted by molar-refractivity contribution is 0.242. The van der Waals surface area contributed by atoms with Crippen molar-refractivity contribution in [3.8, 4) is 5.75 Å². The molecule has 1 N–H and O–H groups in total. The molecule has 0 radical (unpaired) electrons. The van der Waals surface area contributed by atoms with E-state index in [1.54, 1.807) is 0 Å². The first-order valence-electron chi connectivity index (χ1n) is 6.56. The second-order valence-electron chi connectivity index (χ2n) is 5.09. The fraction of sp³-hybridized carbons (Fsp3) is 0.600. The third-order valence-electron chi connectivity index (χ3n) is 2.82. The fourth-order valence-electron chi connectivity index (χ4n) is 1.86. The van der Waals surface area contributed by atoms with E-state index in [0.717, 1.165) is 12.2 Å². The molecule has 2 heteroatoms. The zero-order valence-electron chi connectivity index (χ0n) is 11.7. The molecular formula is C15H25NO. The second-order valence-corrected chi connectivity index (χ2v) is 5.09. The number of hydrogen-bond acceptors (Lipinski definition) is 2. The highest BCUT2D eigenvalue weighted by Crippen LogP contribution is 2.19. The molecule has 0 saturated heterocycles. The summed E-state index contributed by atoms with van der Waals surface area (Å²) in [5, 5.41) is 3.55. The molecule has 2 nitrogen and oxygen atoms in total. The molecule has 0 spiro atoms. The van der Waals surface area contributed by atoms with Gasteiger partial charge in [-0.15, -0.1) is 0 Å². The topological polar surface area (TPSA) is 21.3 Å². The molecule has 1 unspecified atom stereocenters. The number of nitrogens with one attached hydrogen (secondary N) is 1. The van der Waals surface area contributed by atoms with Gasteiger partial charge in [0.15, 0.2) is 0 Å². The predicted molar refractivity (Wildman–Crippen MR) is 74.7 cm³/mol. The van der Waals surface area contributed by atoms with Crippen LogP contribution in [-0.2, 0) is 0 Å². The maximum Gasteiger partial charge on any atom is 0.119 e. The molecule has 96 valence electrons. The molecule has 0 fully saturated rings. The summed E-state index contributed by atoms with van der Waals surface area (Å²) in [5.74, 6) is 1.58. The molecule has 0 aliphatic carbocycles. The fourth-order valence-corrected chi connectivity index (χ4v) is 1.86. The highest BCUT2D eigenvalue weighted by molar-refractivity contribution is 5.47. The van der Waals surface area contributed by atoms with Gasteiger partial charge < -0.3 is 10.1 Å². The second kappa shape index (κ2) is 6.53. The van der Waals surface area contributed by atoms with Gasteiger partial charge in [0, 0.05) is 11.7 Å². The van der Waals surface area contributed by atoms with Crippen LogP contribution in [0.1, 0.15) is 41.0 Å². The van der Waals surface area contributed by atoms with Crippen molar-refractivity contribution in [3.05, 3.63) is 24.3 Å². The molecule has 17 heavy (non-hydrogen) atoms. The van der Waals surface area contributed by atoms with E-state index in [1.165, 1.54) is 5.69 Å². The Labute approximate surface area is 105 Å². The van der Waals surface area contributed by atoms with Crippen molar-refractivity contribution in [3.63, 3.8) is 0 Å². The Morgan fingerprint density at radius 2 is 1.65 bits per heavy atom. The van der Waals surface area contributed by atoms with Crippen LogP contribution in [0.5, 0.6) is 5.75 Å². The molecule has 0 saturated carbocycles. The lowest BCUT2D eigenvalue weighted by atomic mass is 10.0. The first-order chi connectivity index (χ1) is 8.02. The summed E-state index contributed by atoms with van der Waals surface area (Å²) in [6.45, 7) is 10.8. The number of ether oxygens (including phenoxy) is 1. The van der Waals surface area contributed by atoms with E-state index in [9.17, 15) is 0 Å². The van der Waals surface area contributed by atoms with Crippen molar-refractivity contribution in [2.45, 2.75) is 53.2 Å². The smallest absolute Gasteiger partial charge is 0.119 e. The number of hydrogen-bond donors (Lipinski definition) is 1. The van der Waals surface area contributed by atoms with E-state index >= 15 is 0 Å². The molecule has 0 aromatic heterocycles. The summed E-state index contributed by atoms with van der Waals surface area (Å²) in [6, 6.07) is 8.75. The van der Waals surface area contributed by atoms with E-state index in [4.69, 9.17) is 4.74 Å². The molecule has 0 amide bonds. The summed E-state index contributed by atoms with van der Waals surface area (Å²) in [4.78, 5) is 0. The van der Waals surface area contributed by atoms with Gasteiger partial charge in [0.25, 0.3) is 0 Å². The lowest BCUT2D eigenvalue weighted by Gasteiger charge is -2.22. The zero-order chi connectivity index (χ0) is 12.8. The van der Waals surface area contributed by atoms with Crippen molar-refractivity contribution in [1.29, 1.82) is 0 Å². The molecule has 0 aliphatic rings. The van der Waals surface area contributed by atoms with Gasteiger partial charge in [-0.2, -0.15) is 0 Å². The Balaban J connectivity index is 2.61. The number of rotatable bonds is 6. The van der Waals surface area contributed by atoms with Gasteiger partial charge >= 0.3 is 0 Å². The van der Waals surface area contributed by atoms with Gasteiger partial charge in [0.05, 0.1) is 6.10 Å². The van der Waals surface area contributed by atoms with Crippen molar-refractivity contribution < 1.29 is 4.74 Å². The Hall–Kier alpha value is -1.18. The van der Waals surface area contributed by atoms with E-state index in [1.807, 2.05) is 26.0 Å². The average Bonchev–Trinajstić information content (AvgIpc) is 2.26. The maximum absolute atomic E-state index is 5.62. The Morgan fingerprint density at radius 1 is 1.06 bits per heavy atom. The first-order valence-corrected chi connectivity index (χ1v) is 6.56. The zero-order valence-corrected chi connectivity index (χ0v) is 11.7. The van der Waals surface area contributed by atoms with E-state index in [0.29, 0.717) is 12.0 Å². The van der Waals surface area contributed by atoms with E-state index in [2.05, 4.69) is 38.2 Å². The van der Waals surface area contributed by atoms with Crippen LogP contribution < -0.4 is 10.1 Å². The third-order valence-corrected chi connectivity index (χ3v) is 2.82. The van der Waals surface area contributed by atoms with Crippen LogP contribution in [0.15, 0.2) is 24.3 Å². The molecule has 1 aromatic carbocycles. The number of benzene rings is 1. The molecule has 1 rings (SSSR count). The van der Waals surface area contributed by atoms with Gasteiger partial charge in [0.2, 0.25) is 0 Å². The molecule has 0 heterocycles. The summed E-state index contributed by atoms with van der Waals surface area (Å²) in [6.07, 6.45) is 1.37. The summed E-state index contributed by atoms with van der Waals surface area (Å²) >= 11 is 0. The lowest BCUT2D eigenvalue weighted by Crippen LogP contribution is -2.24. The molecule has 0 bridgehead atoms. The van der Waals surface area contributed by atoms with Crippen LogP contribution in [0, 0.1) is 5.92 Å². The van der Waals surface area contributed by atoms with Crippen LogP contribution in [0.3, 0.4) is 0 Å². The van der Waals surface area contributed by atoms with E-state index in [-0.39, 0.29) is 6.10 Å².